The van der Waals surface area contributed by atoms with Crippen LogP contribution in [0.4, 0.5) is 0 Å². The number of phosphoric acid groups is 1. The van der Waals surface area contributed by atoms with Crippen LogP contribution in [0.2, 0.25) is 0 Å². The van der Waals surface area contributed by atoms with Crippen LogP contribution in [0.25, 0.3) is 0 Å². The first-order chi connectivity index (χ1) is 8.82. The first-order valence-corrected chi connectivity index (χ1v) is 6.99. The molecule has 0 amide bonds. The zero-order chi connectivity index (χ0) is 14.5. The molecule has 0 heterocycles. The second-order valence-corrected chi connectivity index (χ2v) is 5.31. The highest BCUT2D eigenvalue weighted by Gasteiger charge is 2.30. The molecule has 4 N–H and O–H groups in total. The van der Waals surface area contributed by atoms with Gasteiger partial charge in [0.05, 0.1) is 12.7 Å². The molecule has 0 saturated heterocycles. The molecule has 19 heavy (non-hydrogen) atoms. The van der Waals surface area contributed by atoms with Gasteiger partial charge in [-0.1, -0.05) is 30.3 Å². The van der Waals surface area contributed by atoms with E-state index in [0.29, 0.717) is 5.56 Å². The van der Waals surface area contributed by atoms with Gasteiger partial charge >= 0.3 is 13.8 Å². The molecule has 0 aliphatic rings. The third-order valence-corrected chi connectivity index (χ3v) is 3.38. The average molecular weight is 289 g/mol. The van der Waals surface area contributed by atoms with Crippen LogP contribution in [-0.4, -0.2) is 28.1 Å². The van der Waals surface area contributed by atoms with E-state index in [9.17, 15) is 14.3 Å². The largest absolute Gasteiger partial charge is 0.480 e. The molecule has 1 aromatic carbocycles. The fourth-order valence-corrected chi connectivity index (χ4v) is 2.16. The van der Waals surface area contributed by atoms with Crippen molar-refractivity contribution in [1.29, 1.82) is 0 Å². The fourth-order valence-electron chi connectivity index (χ4n) is 1.24. The predicted octanol–water partition coefficient (Wildman–Crippen LogP) is 1.12. The van der Waals surface area contributed by atoms with Crippen LogP contribution in [-0.2, 0) is 25.0 Å². The maximum atomic E-state index is 11.6. The van der Waals surface area contributed by atoms with Gasteiger partial charge in [-0.25, -0.2) is 4.57 Å². The summed E-state index contributed by atoms with van der Waals surface area (Å²) in [6.07, 6.45) is -1.15. The van der Waals surface area contributed by atoms with Gasteiger partial charge in [0.1, 0.15) is 6.04 Å². The summed E-state index contributed by atoms with van der Waals surface area (Å²) in [5.74, 6) is -1.32. The Morgan fingerprint density at radius 1 is 1.42 bits per heavy atom. The lowest BCUT2D eigenvalue weighted by molar-refractivity contribution is -0.140. The first-order valence-electron chi connectivity index (χ1n) is 5.50. The third-order valence-electron chi connectivity index (χ3n) is 2.33. The molecule has 0 aromatic heterocycles. The van der Waals surface area contributed by atoms with E-state index in [2.05, 4.69) is 4.52 Å². The van der Waals surface area contributed by atoms with Crippen LogP contribution in [0.1, 0.15) is 12.5 Å². The Labute approximate surface area is 110 Å². The summed E-state index contributed by atoms with van der Waals surface area (Å²) in [5, 5.41) is 8.64. The summed E-state index contributed by atoms with van der Waals surface area (Å²) in [4.78, 5) is 20.0. The lowest BCUT2D eigenvalue weighted by Crippen LogP contribution is -2.41. The highest BCUT2D eigenvalue weighted by Crippen LogP contribution is 2.45. The predicted molar refractivity (Wildman–Crippen MR) is 67.2 cm³/mol. The number of hydrogen-bond donors (Lipinski definition) is 3. The number of nitrogens with two attached hydrogens (primary N) is 1. The number of carboxylic acids is 1. The second-order valence-electron chi connectivity index (χ2n) is 3.90. The van der Waals surface area contributed by atoms with Crippen molar-refractivity contribution in [2.24, 2.45) is 5.73 Å². The van der Waals surface area contributed by atoms with E-state index >= 15 is 0 Å². The number of aliphatic carboxylic acids is 1. The topological polar surface area (TPSA) is 119 Å². The van der Waals surface area contributed by atoms with Gasteiger partial charge in [0, 0.05) is 0 Å². The summed E-state index contributed by atoms with van der Waals surface area (Å²) >= 11 is 0. The van der Waals surface area contributed by atoms with Crippen LogP contribution in [0.5, 0.6) is 0 Å². The van der Waals surface area contributed by atoms with Gasteiger partial charge in [-0.05, 0) is 12.5 Å². The van der Waals surface area contributed by atoms with Crippen LogP contribution in [0.3, 0.4) is 0 Å². The lowest BCUT2D eigenvalue weighted by Gasteiger charge is -2.20. The normalized spacial score (nSPS) is 17.4. The molecule has 1 unspecified atom stereocenters. The van der Waals surface area contributed by atoms with Crippen LogP contribution in [0.15, 0.2) is 30.3 Å². The summed E-state index contributed by atoms with van der Waals surface area (Å²) in [6, 6.07) is 7.34. The van der Waals surface area contributed by atoms with E-state index in [-0.39, 0.29) is 6.61 Å². The number of carboxylic acid groups (broad SMARTS) is 1. The van der Waals surface area contributed by atoms with Crippen molar-refractivity contribution < 1.29 is 28.4 Å². The van der Waals surface area contributed by atoms with Crippen LogP contribution >= 0.6 is 7.82 Å². The molecule has 0 spiro atoms. The number of rotatable bonds is 7. The van der Waals surface area contributed by atoms with Gasteiger partial charge in [0.25, 0.3) is 0 Å². The van der Waals surface area contributed by atoms with E-state index in [1.807, 2.05) is 0 Å². The average Bonchev–Trinajstić information content (AvgIpc) is 2.36. The van der Waals surface area contributed by atoms with Crippen molar-refractivity contribution in [2.75, 3.05) is 0 Å². The minimum absolute atomic E-state index is 0.121. The van der Waals surface area contributed by atoms with Crippen molar-refractivity contribution >= 4 is 13.8 Å². The number of carbonyl (C=O) groups is 1. The maximum absolute atomic E-state index is 11.6. The van der Waals surface area contributed by atoms with E-state index in [1.54, 1.807) is 30.3 Å². The number of hydrogen-bond acceptors (Lipinski definition) is 5. The Balaban J connectivity index is 2.52. The molecular formula is C11H16NO6P. The zero-order valence-electron chi connectivity index (χ0n) is 10.3. The van der Waals surface area contributed by atoms with Crippen molar-refractivity contribution in [1.82, 2.24) is 0 Å². The molecule has 0 radical (unpaired) electrons. The van der Waals surface area contributed by atoms with Crippen molar-refractivity contribution in [3.05, 3.63) is 35.9 Å². The molecule has 0 bridgehead atoms. The monoisotopic (exact) mass is 289 g/mol. The third kappa shape index (κ3) is 5.50. The molecule has 7 nitrogen and oxygen atoms in total. The molecule has 8 heteroatoms. The minimum atomic E-state index is -4.35. The van der Waals surface area contributed by atoms with Gasteiger partial charge in [-0.3, -0.25) is 13.8 Å². The van der Waals surface area contributed by atoms with E-state index in [0.717, 1.165) is 0 Å². The summed E-state index contributed by atoms with van der Waals surface area (Å²) in [5.41, 5.74) is 5.95. The molecule has 0 aliphatic carbocycles. The summed E-state index contributed by atoms with van der Waals surface area (Å²) < 4.78 is 21.0. The second kappa shape index (κ2) is 6.79. The molecule has 0 aliphatic heterocycles. The fraction of sp³-hybridized carbons (Fsp3) is 0.364. The molecule has 1 rings (SSSR count). The SMILES string of the molecule is C[C@@H](OP(=O)(O)OCc1ccccc1)[C@H](N)C(=O)O. The molecule has 0 fully saturated rings. The van der Waals surface area contributed by atoms with E-state index in [1.165, 1.54) is 6.92 Å². The number of benzene rings is 1. The van der Waals surface area contributed by atoms with Crippen molar-refractivity contribution in [3.63, 3.8) is 0 Å². The summed E-state index contributed by atoms with van der Waals surface area (Å²) in [7, 11) is -4.35. The Morgan fingerprint density at radius 2 is 2.00 bits per heavy atom. The van der Waals surface area contributed by atoms with Crippen LogP contribution in [0, 0.1) is 0 Å². The highest BCUT2D eigenvalue weighted by molar-refractivity contribution is 7.47. The first kappa shape index (κ1) is 15.8. The van der Waals surface area contributed by atoms with Gasteiger partial charge < -0.3 is 15.7 Å². The van der Waals surface area contributed by atoms with E-state index < -0.39 is 25.9 Å². The Hall–Kier alpha value is -1.24. The van der Waals surface area contributed by atoms with Crippen LogP contribution < -0.4 is 5.73 Å². The molecule has 106 valence electrons. The maximum Gasteiger partial charge on any atom is 0.472 e. The lowest BCUT2D eigenvalue weighted by atomic mass is 10.2. The van der Waals surface area contributed by atoms with Gasteiger partial charge in [-0.15, -0.1) is 0 Å². The quantitative estimate of drug-likeness (QED) is 0.643. The zero-order valence-corrected chi connectivity index (χ0v) is 11.2. The Kier molecular flexibility index (Phi) is 5.65. The van der Waals surface area contributed by atoms with Crippen molar-refractivity contribution in [3.8, 4) is 0 Å². The Bertz CT molecular complexity index is 466. The number of phosphoric ester groups is 1. The van der Waals surface area contributed by atoms with Crippen molar-refractivity contribution in [2.45, 2.75) is 25.7 Å². The smallest absolute Gasteiger partial charge is 0.472 e. The molecule has 0 saturated carbocycles. The van der Waals surface area contributed by atoms with Gasteiger partial charge in [-0.2, -0.15) is 0 Å². The molecular weight excluding hydrogens is 273 g/mol. The standard InChI is InChI=1S/C11H16NO6P/c1-8(10(12)11(13)14)18-19(15,16)17-7-9-5-3-2-4-6-9/h2-6,8,10H,7,12H2,1H3,(H,13,14)(H,15,16)/t8-,10+/m1/s1. The van der Waals surface area contributed by atoms with Gasteiger partial charge in [0.2, 0.25) is 0 Å². The van der Waals surface area contributed by atoms with Gasteiger partial charge in [0.15, 0.2) is 0 Å². The molecule has 1 aromatic rings. The van der Waals surface area contributed by atoms with E-state index in [4.69, 9.17) is 15.4 Å². The Morgan fingerprint density at radius 3 is 2.53 bits per heavy atom. The highest BCUT2D eigenvalue weighted by atomic mass is 31.2. The minimum Gasteiger partial charge on any atom is -0.480 e. The summed E-state index contributed by atoms with van der Waals surface area (Å²) in [6.45, 7) is 1.16. The molecule has 3 atom stereocenters.